The van der Waals surface area contributed by atoms with Gasteiger partial charge in [0.05, 0.1) is 16.9 Å². The Balaban J connectivity index is 2.48. The monoisotopic (exact) mass is 518 g/mol. The van der Waals surface area contributed by atoms with Crippen LogP contribution in [-0.4, -0.2) is 54.9 Å². The van der Waals surface area contributed by atoms with E-state index in [4.69, 9.17) is 0 Å². The van der Waals surface area contributed by atoms with Crippen molar-refractivity contribution in [3.8, 4) is 0 Å². The third-order valence-corrected chi connectivity index (χ3v) is 6.97. The standard InChI is InChI=1S/C25H34N4O6S/c1-6-19(4)26-25(31)23(7-2)27(16-20-11-8-10-18(3)14-20)24(30)17-28(36(5,34)35)21-12-9-13-22(15-21)29(32)33/h8-15,19,23H,6-7,16-17H2,1-5H3,(H,26,31)/t19-,23+/m0/s1. The number of aryl methyl sites for hydroxylation is 1. The minimum atomic E-state index is -3.98. The number of nitro benzene ring substituents is 1. The quantitative estimate of drug-likeness (QED) is 0.339. The second-order valence-electron chi connectivity index (χ2n) is 8.80. The van der Waals surface area contributed by atoms with Crippen LogP contribution < -0.4 is 9.62 Å². The Bertz CT molecular complexity index is 1200. The summed E-state index contributed by atoms with van der Waals surface area (Å²) in [6.45, 7) is 6.98. The van der Waals surface area contributed by atoms with Gasteiger partial charge in [0.15, 0.2) is 0 Å². The predicted molar refractivity (Wildman–Crippen MR) is 139 cm³/mol. The summed E-state index contributed by atoms with van der Waals surface area (Å²) in [7, 11) is -3.98. The molecular weight excluding hydrogens is 484 g/mol. The summed E-state index contributed by atoms with van der Waals surface area (Å²) in [6.07, 6.45) is 1.95. The summed E-state index contributed by atoms with van der Waals surface area (Å²) in [5, 5.41) is 14.1. The normalized spacial score (nSPS) is 12.9. The molecule has 0 unspecified atom stereocenters. The van der Waals surface area contributed by atoms with E-state index >= 15 is 0 Å². The highest BCUT2D eigenvalue weighted by Crippen LogP contribution is 2.24. The zero-order valence-corrected chi connectivity index (χ0v) is 22.1. The Kier molecular flexibility index (Phi) is 9.97. The first-order chi connectivity index (χ1) is 16.9. The molecule has 2 atom stereocenters. The molecule has 2 aromatic carbocycles. The number of nitrogens with one attached hydrogen (secondary N) is 1. The van der Waals surface area contributed by atoms with Crippen molar-refractivity contribution < 1.29 is 22.9 Å². The highest BCUT2D eigenvalue weighted by Gasteiger charge is 2.32. The number of hydrogen-bond donors (Lipinski definition) is 1. The molecule has 0 aliphatic rings. The van der Waals surface area contributed by atoms with E-state index in [1.54, 1.807) is 6.92 Å². The van der Waals surface area contributed by atoms with Gasteiger partial charge in [-0.15, -0.1) is 0 Å². The number of non-ortho nitro benzene ring substituents is 1. The van der Waals surface area contributed by atoms with Crippen LogP contribution >= 0.6 is 0 Å². The van der Waals surface area contributed by atoms with Crippen LogP contribution in [0.25, 0.3) is 0 Å². The third kappa shape index (κ3) is 7.77. The van der Waals surface area contributed by atoms with Crippen LogP contribution in [0.3, 0.4) is 0 Å². The lowest BCUT2D eigenvalue weighted by Gasteiger charge is -2.33. The Morgan fingerprint density at radius 1 is 1.08 bits per heavy atom. The van der Waals surface area contributed by atoms with E-state index < -0.39 is 33.4 Å². The zero-order valence-electron chi connectivity index (χ0n) is 21.3. The van der Waals surface area contributed by atoms with Crippen LogP contribution in [0, 0.1) is 17.0 Å². The van der Waals surface area contributed by atoms with Gasteiger partial charge in [0.1, 0.15) is 12.6 Å². The molecule has 10 nitrogen and oxygen atoms in total. The van der Waals surface area contributed by atoms with Gasteiger partial charge in [0, 0.05) is 24.7 Å². The summed E-state index contributed by atoms with van der Waals surface area (Å²) in [6, 6.07) is 11.6. The van der Waals surface area contributed by atoms with Crippen LogP contribution in [0.4, 0.5) is 11.4 Å². The fourth-order valence-corrected chi connectivity index (χ4v) is 4.58. The molecule has 0 spiro atoms. The number of nitrogens with zero attached hydrogens (tertiary/aromatic N) is 3. The molecule has 196 valence electrons. The van der Waals surface area contributed by atoms with Crippen LogP contribution in [0.1, 0.15) is 44.7 Å². The molecule has 0 aliphatic carbocycles. The van der Waals surface area contributed by atoms with Gasteiger partial charge in [-0.1, -0.05) is 49.7 Å². The maximum absolute atomic E-state index is 13.6. The van der Waals surface area contributed by atoms with E-state index in [2.05, 4.69) is 5.32 Å². The fourth-order valence-electron chi connectivity index (χ4n) is 3.74. The smallest absolute Gasteiger partial charge is 0.271 e. The maximum Gasteiger partial charge on any atom is 0.271 e. The van der Waals surface area contributed by atoms with Gasteiger partial charge < -0.3 is 10.2 Å². The first-order valence-corrected chi connectivity index (χ1v) is 13.6. The molecule has 0 saturated carbocycles. The van der Waals surface area contributed by atoms with E-state index in [0.29, 0.717) is 12.8 Å². The van der Waals surface area contributed by atoms with Crippen molar-refractivity contribution in [3.63, 3.8) is 0 Å². The van der Waals surface area contributed by atoms with E-state index in [-0.39, 0.29) is 29.9 Å². The van der Waals surface area contributed by atoms with Crippen molar-refractivity contribution in [1.29, 1.82) is 0 Å². The van der Waals surface area contributed by atoms with Crippen molar-refractivity contribution in [3.05, 3.63) is 69.8 Å². The second-order valence-corrected chi connectivity index (χ2v) is 10.7. The average molecular weight is 519 g/mol. The molecule has 1 N–H and O–H groups in total. The molecule has 36 heavy (non-hydrogen) atoms. The molecule has 0 radical (unpaired) electrons. The lowest BCUT2D eigenvalue weighted by atomic mass is 10.1. The van der Waals surface area contributed by atoms with Gasteiger partial charge >= 0.3 is 0 Å². The Morgan fingerprint density at radius 2 is 1.75 bits per heavy atom. The number of hydrogen-bond acceptors (Lipinski definition) is 6. The van der Waals surface area contributed by atoms with E-state index in [0.717, 1.165) is 27.8 Å². The van der Waals surface area contributed by atoms with Crippen LogP contribution in [-0.2, 0) is 26.2 Å². The summed E-state index contributed by atoms with van der Waals surface area (Å²) in [4.78, 5) is 38.7. The molecule has 0 fully saturated rings. The zero-order chi connectivity index (χ0) is 27.0. The van der Waals surface area contributed by atoms with Crippen molar-refractivity contribution in [2.75, 3.05) is 17.1 Å². The molecule has 0 bridgehead atoms. The van der Waals surface area contributed by atoms with Gasteiger partial charge in [0.25, 0.3) is 5.69 Å². The number of rotatable bonds is 12. The van der Waals surface area contributed by atoms with E-state index in [9.17, 15) is 28.1 Å². The van der Waals surface area contributed by atoms with Crippen molar-refractivity contribution in [2.24, 2.45) is 0 Å². The maximum atomic E-state index is 13.6. The van der Waals surface area contributed by atoms with Crippen LogP contribution in [0.15, 0.2) is 48.5 Å². The van der Waals surface area contributed by atoms with Gasteiger partial charge in [-0.05, 0) is 38.3 Å². The summed E-state index contributed by atoms with van der Waals surface area (Å²) >= 11 is 0. The number of sulfonamides is 1. The van der Waals surface area contributed by atoms with Crippen molar-refractivity contribution in [2.45, 2.75) is 59.2 Å². The highest BCUT2D eigenvalue weighted by atomic mass is 32.2. The van der Waals surface area contributed by atoms with Gasteiger partial charge in [-0.3, -0.25) is 24.0 Å². The first-order valence-electron chi connectivity index (χ1n) is 11.7. The number of anilines is 1. The molecule has 0 aromatic heterocycles. The summed E-state index contributed by atoms with van der Waals surface area (Å²) in [5.74, 6) is -0.923. The second kappa shape index (κ2) is 12.5. The number of carbonyl (C=O) groups is 2. The Hall–Kier alpha value is -3.47. The molecule has 2 rings (SSSR count). The number of amides is 2. The predicted octanol–water partition coefficient (Wildman–Crippen LogP) is 3.39. The molecule has 11 heteroatoms. The first kappa shape index (κ1) is 28.8. The topological polar surface area (TPSA) is 130 Å². The molecule has 2 aromatic rings. The van der Waals surface area contributed by atoms with Crippen LogP contribution in [0.5, 0.6) is 0 Å². The minimum absolute atomic E-state index is 0.00680. The Labute approximate surface area is 212 Å². The largest absolute Gasteiger partial charge is 0.352 e. The highest BCUT2D eigenvalue weighted by molar-refractivity contribution is 7.92. The van der Waals surface area contributed by atoms with Gasteiger partial charge in [-0.25, -0.2) is 8.42 Å². The molecular formula is C25H34N4O6S. The SMILES string of the molecule is CC[C@H](C(=O)N[C@@H](C)CC)N(Cc1cccc(C)c1)C(=O)CN(c1cccc([N+](=O)[O-])c1)S(C)(=O)=O. The lowest BCUT2D eigenvalue weighted by molar-refractivity contribution is -0.384. The third-order valence-electron chi connectivity index (χ3n) is 5.83. The van der Waals surface area contributed by atoms with Gasteiger partial charge in [-0.2, -0.15) is 0 Å². The summed E-state index contributed by atoms with van der Waals surface area (Å²) in [5.41, 5.74) is 1.46. The lowest BCUT2D eigenvalue weighted by Crippen LogP contribution is -2.53. The fraction of sp³-hybridized carbons (Fsp3) is 0.440. The molecule has 0 aliphatic heterocycles. The van der Waals surface area contributed by atoms with Crippen molar-refractivity contribution in [1.82, 2.24) is 10.2 Å². The number of carbonyl (C=O) groups excluding carboxylic acids is 2. The van der Waals surface area contributed by atoms with Crippen LogP contribution in [0.2, 0.25) is 0 Å². The van der Waals surface area contributed by atoms with E-state index in [1.165, 1.54) is 23.1 Å². The summed E-state index contributed by atoms with van der Waals surface area (Å²) < 4.78 is 26.1. The minimum Gasteiger partial charge on any atom is -0.352 e. The van der Waals surface area contributed by atoms with Gasteiger partial charge in [0.2, 0.25) is 21.8 Å². The van der Waals surface area contributed by atoms with Crippen molar-refractivity contribution >= 4 is 33.2 Å². The number of benzene rings is 2. The average Bonchev–Trinajstić information content (AvgIpc) is 2.81. The number of nitro groups is 1. The molecule has 0 heterocycles. The Morgan fingerprint density at radius 3 is 2.31 bits per heavy atom. The molecule has 0 saturated heterocycles. The molecule has 2 amide bonds. The van der Waals surface area contributed by atoms with E-state index in [1.807, 2.05) is 45.0 Å².